The summed E-state index contributed by atoms with van der Waals surface area (Å²) in [5.74, 6) is 1.91. The van der Waals surface area contributed by atoms with Gasteiger partial charge in [-0.3, -0.25) is 0 Å². The molecule has 1 heterocycles. The van der Waals surface area contributed by atoms with E-state index in [1.54, 1.807) is 19.2 Å². The van der Waals surface area contributed by atoms with Crippen molar-refractivity contribution in [1.82, 2.24) is 0 Å². The largest absolute Gasteiger partial charge is 0.497 e. The van der Waals surface area contributed by atoms with Crippen molar-refractivity contribution in [2.24, 2.45) is 5.92 Å². The van der Waals surface area contributed by atoms with E-state index in [1.807, 2.05) is 30.3 Å². The van der Waals surface area contributed by atoms with Gasteiger partial charge in [0, 0.05) is 17.1 Å². The summed E-state index contributed by atoms with van der Waals surface area (Å²) in [5, 5.41) is 4.74. The molecule has 152 valence electrons. The van der Waals surface area contributed by atoms with Crippen molar-refractivity contribution >= 4 is 22.6 Å². The van der Waals surface area contributed by atoms with Gasteiger partial charge in [-0.05, 0) is 61.2 Å². The molecule has 1 unspecified atom stereocenters. The monoisotopic (exact) mass is 393 g/mol. The number of methoxy groups -OCH3 is 2. The summed E-state index contributed by atoms with van der Waals surface area (Å²) in [7, 11) is 3.06. The zero-order valence-corrected chi connectivity index (χ0v) is 16.9. The second kappa shape index (κ2) is 8.60. The van der Waals surface area contributed by atoms with Gasteiger partial charge < -0.3 is 19.2 Å². The average molecular weight is 393 g/mol. The average Bonchev–Trinajstić information content (AvgIpc) is 3.20. The van der Waals surface area contributed by atoms with E-state index in [-0.39, 0.29) is 12.0 Å². The first-order chi connectivity index (χ1) is 14.2. The number of fused-ring (bicyclic) bond motifs is 1. The summed E-state index contributed by atoms with van der Waals surface area (Å²) in [4.78, 5) is 11.7. The Morgan fingerprint density at radius 3 is 2.48 bits per heavy atom. The third-order valence-corrected chi connectivity index (χ3v) is 5.80. The van der Waals surface area contributed by atoms with E-state index in [0.29, 0.717) is 11.5 Å². The molecule has 29 heavy (non-hydrogen) atoms. The van der Waals surface area contributed by atoms with Gasteiger partial charge in [0.2, 0.25) is 0 Å². The number of rotatable bonds is 6. The highest BCUT2D eigenvalue weighted by atomic mass is 16.5. The van der Waals surface area contributed by atoms with Crippen LogP contribution >= 0.6 is 0 Å². The molecular weight excluding hydrogens is 366 g/mol. The van der Waals surface area contributed by atoms with Gasteiger partial charge in [-0.1, -0.05) is 19.3 Å². The smallest absolute Gasteiger partial charge is 0.337 e. The van der Waals surface area contributed by atoms with Gasteiger partial charge in [0.1, 0.15) is 17.1 Å². The van der Waals surface area contributed by atoms with Crippen LogP contribution in [-0.2, 0) is 4.74 Å². The van der Waals surface area contributed by atoms with E-state index in [4.69, 9.17) is 13.9 Å². The number of ether oxygens (including phenoxy) is 2. The van der Waals surface area contributed by atoms with Crippen LogP contribution in [0.15, 0.2) is 52.9 Å². The molecular formula is C24H27NO4. The fourth-order valence-electron chi connectivity index (χ4n) is 4.20. The molecule has 0 aliphatic heterocycles. The lowest BCUT2D eigenvalue weighted by atomic mass is 9.82. The fourth-order valence-corrected chi connectivity index (χ4v) is 4.20. The summed E-state index contributed by atoms with van der Waals surface area (Å²) in [6.45, 7) is 0. The molecule has 3 aromatic rings. The van der Waals surface area contributed by atoms with Crippen molar-refractivity contribution in [3.05, 3.63) is 59.9 Å². The summed E-state index contributed by atoms with van der Waals surface area (Å²) < 4.78 is 16.4. The van der Waals surface area contributed by atoms with Gasteiger partial charge in [-0.25, -0.2) is 4.79 Å². The van der Waals surface area contributed by atoms with Gasteiger partial charge in [-0.2, -0.15) is 0 Å². The van der Waals surface area contributed by atoms with Crippen LogP contribution in [0.1, 0.15) is 54.3 Å². The second-order valence-corrected chi connectivity index (χ2v) is 7.64. The highest BCUT2D eigenvalue weighted by Crippen LogP contribution is 2.39. The van der Waals surface area contributed by atoms with Gasteiger partial charge in [0.05, 0.1) is 25.8 Å². The second-order valence-electron chi connectivity index (χ2n) is 7.64. The van der Waals surface area contributed by atoms with E-state index in [9.17, 15) is 4.79 Å². The number of benzene rings is 2. The van der Waals surface area contributed by atoms with E-state index in [0.717, 1.165) is 28.2 Å². The van der Waals surface area contributed by atoms with E-state index in [1.165, 1.54) is 39.2 Å². The molecule has 1 fully saturated rings. The molecule has 4 rings (SSSR count). The molecule has 2 aromatic carbocycles. The SMILES string of the molecule is COC(=O)c1ccc(NC(c2cc3ccc(OC)cc3o2)C2CCCCC2)cc1. The fraction of sp³-hybridized carbons (Fsp3) is 0.375. The number of carbonyl (C=O) groups is 1. The molecule has 0 radical (unpaired) electrons. The number of nitrogens with one attached hydrogen (secondary N) is 1. The zero-order chi connectivity index (χ0) is 20.2. The first-order valence-corrected chi connectivity index (χ1v) is 10.2. The highest BCUT2D eigenvalue weighted by molar-refractivity contribution is 5.89. The van der Waals surface area contributed by atoms with Crippen molar-refractivity contribution in [3.63, 3.8) is 0 Å². The topological polar surface area (TPSA) is 60.7 Å². The molecule has 0 spiro atoms. The quantitative estimate of drug-likeness (QED) is 0.524. The van der Waals surface area contributed by atoms with Crippen LogP contribution in [0.3, 0.4) is 0 Å². The van der Waals surface area contributed by atoms with Gasteiger partial charge in [-0.15, -0.1) is 0 Å². The van der Waals surface area contributed by atoms with Crippen LogP contribution in [-0.4, -0.2) is 20.2 Å². The molecule has 1 N–H and O–H groups in total. The molecule has 0 saturated heterocycles. The van der Waals surface area contributed by atoms with Crippen molar-refractivity contribution in [3.8, 4) is 5.75 Å². The Hall–Kier alpha value is -2.95. The Labute approximate surface area is 171 Å². The van der Waals surface area contributed by atoms with E-state index < -0.39 is 0 Å². The van der Waals surface area contributed by atoms with Crippen molar-refractivity contribution in [2.45, 2.75) is 38.1 Å². The number of hydrogen-bond acceptors (Lipinski definition) is 5. The van der Waals surface area contributed by atoms with Crippen molar-refractivity contribution in [2.75, 3.05) is 19.5 Å². The Kier molecular flexibility index (Phi) is 5.74. The minimum Gasteiger partial charge on any atom is -0.497 e. The lowest BCUT2D eigenvalue weighted by Gasteiger charge is -2.30. The maximum absolute atomic E-state index is 11.7. The van der Waals surface area contributed by atoms with Crippen molar-refractivity contribution < 1.29 is 18.7 Å². The Morgan fingerprint density at radius 1 is 1.03 bits per heavy atom. The Bertz CT molecular complexity index is 970. The number of anilines is 1. The molecule has 1 saturated carbocycles. The van der Waals surface area contributed by atoms with E-state index in [2.05, 4.69) is 11.4 Å². The maximum atomic E-state index is 11.7. The lowest BCUT2D eigenvalue weighted by Crippen LogP contribution is -2.22. The number of hydrogen-bond donors (Lipinski definition) is 1. The molecule has 0 amide bonds. The lowest BCUT2D eigenvalue weighted by molar-refractivity contribution is 0.0601. The van der Waals surface area contributed by atoms with Crippen LogP contribution in [0.4, 0.5) is 5.69 Å². The Morgan fingerprint density at radius 2 is 1.79 bits per heavy atom. The Balaban J connectivity index is 1.63. The summed E-state index contributed by atoms with van der Waals surface area (Å²) in [6.07, 6.45) is 6.15. The number of furan rings is 1. The summed E-state index contributed by atoms with van der Waals surface area (Å²) in [5.41, 5.74) is 2.34. The molecule has 5 heteroatoms. The van der Waals surface area contributed by atoms with Crippen LogP contribution in [0, 0.1) is 5.92 Å². The standard InChI is InChI=1S/C24H27NO4/c1-27-20-13-10-18-14-22(29-21(18)15-20)23(16-6-4-3-5-7-16)25-19-11-8-17(9-12-19)24(26)28-2/h8-16,23,25H,3-7H2,1-2H3. The molecule has 1 aliphatic rings. The summed E-state index contributed by atoms with van der Waals surface area (Å²) in [6, 6.07) is 15.6. The molecule has 5 nitrogen and oxygen atoms in total. The van der Waals surface area contributed by atoms with Gasteiger partial charge in [0.15, 0.2) is 0 Å². The zero-order valence-electron chi connectivity index (χ0n) is 16.9. The van der Waals surface area contributed by atoms with Gasteiger partial charge in [0.25, 0.3) is 0 Å². The third kappa shape index (κ3) is 4.24. The van der Waals surface area contributed by atoms with Crippen LogP contribution in [0.25, 0.3) is 11.0 Å². The molecule has 1 aromatic heterocycles. The predicted molar refractivity (Wildman–Crippen MR) is 113 cm³/mol. The van der Waals surface area contributed by atoms with Crippen LogP contribution in [0.2, 0.25) is 0 Å². The molecule has 1 aliphatic carbocycles. The maximum Gasteiger partial charge on any atom is 0.337 e. The van der Waals surface area contributed by atoms with Crippen molar-refractivity contribution in [1.29, 1.82) is 0 Å². The van der Waals surface area contributed by atoms with Crippen LogP contribution in [0.5, 0.6) is 5.75 Å². The first-order valence-electron chi connectivity index (χ1n) is 10.2. The predicted octanol–water partition coefficient (Wildman–Crippen LogP) is 5.96. The van der Waals surface area contributed by atoms with Gasteiger partial charge >= 0.3 is 5.97 Å². The number of carbonyl (C=O) groups excluding carboxylic acids is 1. The molecule has 1 atom stereocenters. The highest BCUT2D eigenvalue weighted by Gasteiger charge is 2.28. The molecule has 0 bridgehead atoms. The minimum atomic E-state index is -0.327. The third-order valence-electron chi connectivity index (χ3n) is 5.80. The summed E-state index contributed by atoms with van der Waals surface area (Å²) >= 11 is 0. The normalized spacial score (nSPS) is 15.8. The first kappa shape index (κ1) is 19.4. The van der Waals surface area contributed by atoms with Crippen LogP contribution < -0.4 is 10.1 Å². The minimum absolute atomic E-state index is 0.0812. The van der Waals surface area contributed by atoms with E-state index >= 15 is 0 Å². The number of esters is 1.